The monoisotopic (exact) mass is 112 g/mol. The van der Waals surface area contributed by atoms with Gasteiger partial charge in [-0.2, -0.15) is 0 Å². The average molecular weight is 112 g/mol. The SMILES string of the molecule is NC1=CNCCCC1. The molecule has 0 amide bonds. The first-order valence-corrected chi connectivity index (χ1v) is 3.07. The van der Waals surface area contributed by atoms with Crippen LogP contribution in [0, 0.1) is 0 Å². The minimum Gasteiger partial charge on any atom is -0.401 e. The zero-order valence-corrected chi connectivity index (χ0v) is 4.98. The van der Waals surface area contributed by atoms with E-state index in [1.807, 2.05) is 6.20 Å². The molecule has 0 aromatic heterocycles. The Kier molecular flexibility index (Phi) is 1.78. The molecule has 0 saturated heterocycles. The molecule has 1 heterocycles. The first-order chi connectivity index (χ1) is 3.89. The van der Waals surface area contributed by atoms with E-state index in [9.17, 15) is 0 Å². The van der Waals surface area contributed by atoms with Crippen LogP contribution >= 0.6 is 0 Å². The van der Waals surface area contributed by atoms with Gasteiger partial charge in [-0.05, 0) is 19.3 Å². The highest BCUT2D eigenvalue weighted by molar-refractivity contribution is 4.96. The Morgan fingerprint density at radius 1 is 1.50 bits per heavy atom. The minimum atomic E-state index is 0.988. The van der Waals surface area contributed by atoms with E-state index in [2.05, 4.69) is 5.32 Å². The Bertz CT molecular complexity index is 96.7. The number of rotatable bonds is 0. The molecule has 0 spiro atoms. The summed E-state index contributed by atoms with van der Waals surface area (Å²) in [5.74, 6) is 0. The molecular weight excluding hydrogens is 100 g/mol. The maximum atomic E-state index is 5.53. The van der Waals surface area contributed by atoms with E-state index in [4.69, 9.17) is 5.73 Å². The van der Waals surface area contributed by atoms with E-state index in [0.717, 1.165) is 18.7 Å². The number of nitrogens with one attached hydrogen (secondary N) is 1. The standard InChI is InChI=1S/C6H12N2/c7-6-3-1-2-4-8-5-6/h5,8H,1-4,7H2. The first-order valence-electron chi connectivity index (χ1n) is 3.07. The van der Waals surface area contributed by atoms with E-state index in [-0.39, 0.29) is 0 Å². The molecule has 0 aliphatic carbocycles. The Morgan fingerprint density at radius 2 is 2.38 bits per heavy atom. The Labute approximate surface area is 49.8 Å². The maximum absolute atomic E-state index is 5.53. The van der Waals surface area contributed by atoms with Crippen molar-refractivity contribution in [2.75, 3.05) is 6.54 Å². The third-order valence-electron chi connectivity index (χ3n) is 1.32. The maximum Gasteiger partial charge on any atom is 0.0240 e. The molecule has 0 fully saturated rings. The summed E-state index contributed by atoms with van der Waals surface area (Å²) in [6.45, 7) is 1.08. The normalized spacial score (nSPS) is 20.8. The van der Waals surface area contributed by atoms with Crippen molar-refractivity contribution in [2.24, 2.45) is 5.73 Å². The van der Waals surface area contributed by atoms with Gasteiger partial charge in [0.1, 0.15) is 0 Å². The third-order valence-corrected chi connectivity index (χ3v) is 1.32. The van der Waals surface area contributed by atoms with E-state index >= 15 is 0 Å². The molecule has 1 aliphatic rings. The highest BCUT2D eigenvalue weighted by Crippen LogP contribution is 2.02. The summed E-state index contributed by atoms with van der Waals surface area (Å²) in [7, 11) is 0. The van der Waals surface area contributed by atoms with Crippen molar-refractivity contribution in [1.82, 2.24) is 5.32 Å². The van der Waals surface area contributed by atoms with Gasteiger partial charge in [0.25, 0.3) is 0 Å². The van der Waals surface area contributed by atoms with Crippen molar-refractivity contribution in [1.29, 1.82) is 0 Å². The molecule has 0 unspecified atom stereocenters. The second kappa shape index (κ2) is 2.60. The Balaban J connectivity index is 2.36. The van der Waals surface area contributed by atoms with Gasteiger partial charge in [-0.25, -0.2) is 0 Å². The van der Waals surface area contributed by atoms with Crippen LogP contribution in [0.15, 0.2) is 11.9 Å². The number of hydrogen-bond donors (Lipinski definition) is 2. The smallest absolute Gasteiger partial charge is 0.0240 e. The molecule has 0 bridgehead atoms. The Morgan fingerprint density at radius 3 is 3.25 bits per heavy atom. The molecule has 0 saturated carbocycles. The van der Waals surface area contributed by atoms with E-state index in [1.165, 1.54) is 12.8 Å². The lowest BCUT2D eigenvalue weighted by Gasteiger charge is -1.91. The summed E-state index contributed by atoms with van der Waals surface area (Å²) in [6.07, 6.45) is 5.45. The first kappa shape index (κ1) is 5.48. The van der Waals surface area contributed by atoms with E-state index in [1.54, 1.807) is 0 Å². The van der Waals surface area contributed by atoms with Gasteiger partial charge in [-0.3, -0.25) is 0 Å². The van der Waals surface area contributed by atoms with Crippen LogP contribution in [0.1, 0.15) is 19.3 Å². The summed E-state index contributed by atoms with van der Waals surface area (Å²) >= 11 is 0. The van der Waals surface area contributed by atoms with Gasteiger partial charge in [-0.1, -0.05) is 0 Å². The number of nitrogens with two attached hydrogens (primary N) is 1. The lowest BCUT2D eigenvalue weighted by Crippen LogP contribution is -2.06. The van der Waals surface area contributed by atoms with Crippen molar-refractivity contribution in [3.8, 4) is 0 Å². The topological polar surface area (TPSA) is 38.0 Å². The number of hydrogen-bond acceptors (Lipinski definition) is 2. The van der Waals surface area contributed by atoms with Gasteiger partial charge in [0, 0.05) is 18.4 Å². The van der Waals surface area contributed by atoms with Gasteiger partial charge in [0.05, 0.1) is 0 Å². The van der Waals surface area contributed by atoms with Gasteiger partial charge < -0.3 is 11.1 Å². The highest BCUT2D eigenvalue weighted by Gasteiger charge is 1.94. The van der Waals surface area contributed by atoms with Crippen LogP contribution in [-0.4, -0.2) is 6.54 Å². The van der Waals surface area contributed by atoms with E-state index in [0.29, 0.717) is 0 Å². The quantitative estimate of drug-likeness (QED) is 0.480. The molecule has 0 atom stereocenters. The lowest BCUT2D eigenvalue weighted by molar-refractivity contribution is 0.724. The van der Waals surface area contributed by atoms with Crippen LogP contribution in [0.4, 0.5) is 0 Å². The minimum absolute atomic E-state index is 0.988. The summed E-state index contributed by atoms with van der Waals surface area (Å²) in [5, 5.41) is 3.11. The van der Waals surface area contributed by atoms with Crippen LogP contribution in [-0.2, 0) is 0 Å². The highest BCUT2D eigenvalue weighted by atomic mass is 14.8. The van der Waals surface area contributed by atoms with Crippen LogP contribution in [0.5, 0.6) is 0 Å². The van der Waals surface area contributed by atoms with Crippen LogP contribution in [0.25, 0.3) is 0 Å². The molecule has 0 aromatic rings. The van der Waals surface area contributed by atoms with Crippen LogP contribution in [0.3, 0.4) is 0 Å². The molecule has 2 nitrogen and oxygen atoms in total. The van der Waals surface area contributed by atoms with Crippen molar-refractivity contribution >= 4 is 0 Å². The van der Waals surface area contributed by atoms with Gasteiger partial charge >= 0.3 is 0 Å². The molecular formula is C6H12N2. The predicted molar refractivity (Wildman–Crippen MR) is 34.1 cm³/mol. The third kappa shape index (κ3) is 1.45. The fourth-order valence-electron chi connectivity index (χ4n) is 0.832. The molecule has 8 heavy (non-hydrogen) atoms. The molecule has 46 valence electrons. The zero-order valence-electron chi connectivity index (χ0n) is 4.98. The van der Waals surface area contributed by atoms with Crippen LogP contribution < -0.4 is 11.1 Å². The van der Waals surface area contributed by atoms with Gasteiger partial charge in [0.15, 0.2) is 0 Å². The molecule has 1 rings (SSSR count). The zero-order chi connectivity index (χ0) is 5.82. The lowest BCUT2D eigenvalue weighted by atomic mass is 10.2. The molecule has 2 heteroatoms. The van der Waals surface area contributed by atoms with Crippen molar-refractivity contribution in [3.05, 3.63) is 11.9 Å². The van der Waals surface area contributed by atoms with Crippen molar-refractivity contribution < 1.29 is 0 Å². The summed E-state index contributed by atoms with van der Waals surface area (Å²) in [4.78, 5) is 0. The second-order valence-corrected chi connectivity index (χ2v) is 2.13. The van der Waals surface area contributed by atoms with Crippen molar-refractivity contribution in [2.45, 2.75) is 19.3 Å². The molecule has 0 radical (unpaired) electrons. The molecule has 0 aromatic carbocycles. The average Bonchev–Trinajstić information content (AvgIpc) is 1.94. The predicted octanol–water partition coefficient (Wildman–Crippen LogP) is 0.560. The second-order valence-electron chi connectivity index (χ2n) is 2.13. The number of allylic oxidation sites excluding steroid dienone is 1. The molecule has 1 aliphatic heterocycles. The van der Waals surface area contributed by atoms with Gasteiger partial charge in [0.2, 0.25) is 0 Å². The summed E-state index contributed by atoms with van der Waals surface area (Å²) in [6, 6.07) is 0. The fraction of sp³-hybridized carbons (Fsp3) is 0.667. The fourth-order valence-corrected chi connectivity index (χ4v) is 0.832. The van der Waals surface area contributed by atoms with E-state index < -0.39 is 0 Å². The summed E-state index contributed by atoms with van der Waals surface area (Å²) < 4.78 is 0. The van der Waals surface area contributed by atoms with Crippen LogP contribution in [0.2, 0.25) is 0 Å². The largest absolute Gasteiger partial charge is 0.401 e. The summed E-state index contributed by atoms with van der Waals surface area (Å²) in [5.41, 5.74) is 6.52. The molecule has 3 N–H and O–H groups in total. The van der Waals surface area contributed by atoms with Gasteiger partial charge in [-0.15, -0.1) is 0 Å². The van der Waals surface area contributed by atoms with Crippen molar-refractivity contribution in [3.63, 3.8) is 0 Å². The Hall–Kier alpha value is -0.660.